The van der Waals surface area contributed by atoms with E-state index in [1.54, 1.807) is 0 Å². The molecule has 1 N–H and O–H groups in total. The molecular weight excluding hydrogens is 289 g/mol. The summed E-state index contributed by atoms with van der Waals surface area (Å²) in [5, 5.41) is 5.19. The molecule has 1 nitrogen and oxygen atoms in total. The predicted octanol–water partition coefficient (Wildman–Crippen LogP) is 5.80. The summed E-state index contributed by atoms with van der Waals surface area (Å²) >= 11 is 11.9. The Balaban J connectivity index is 2.09. The lowest BCUT2D eigenvalue weighted by Crippen LogP contribution is -2.24. The second kappa shape index (κ2) is 7.12. The monoisotopic (exact) mass is 307 g/mol. The first-order valence-electron chi connectivity index (χ1n) is 6.87. The van der Waals surface area contributed by atoms with Gasteiger partial charge in [-0.25, -0.2) is 0 Å². The fourth-order valence-corrected chi connectivity index (χ4v) is 2.55. The van der Waals surface area contributed by atoms with E-state index in [1.165, 1.54) is 11.1 Å². The van der Waals surface area contributed by atoms with Crippen LogP contribution in [0.3, 0.4) is 0 Å². The second-order valence-electron chi connectivity index (χ2n) is 4.95. The first-order valence-corrected chi connectivity index (χ1v) is 7.62. The molecule has 0 amide bonds. The molecule has 0 aliphatic rings. The topological polar surface area (TPSA) is 12.0 Å². The third-order valence-electron chi connectivity index (χ3n) is 3.50. The van der Waals surface area contributed by atoms with Crippen LogP contribution in [0.4, 0.5) is 0 Å². The minimum Gasteiger partial charge on any atom is -0.303 e. The van der Waals surface area contributed by atoms with Crippen LogP contribution >= 0.6 is 23.2 Å². The van der Waals surface area contributed by atoms with E-state index >= 15 is 0 Å². The van der Waals surface area contributed by atoms with Crippen molar-refractivity contribution in [2.45, 2.75) is 32.4 Å². The van der Waals surface area contributed by atoms with Gasteiger partial charge in [-0.3, -0.25) is 0 Å². The summed E-state index contributed by atoms with van der Waals surface area (Å²) < 4.78 is 0. The van der Waals surface area contributed by atoms with Crippen LogP contribution in [0.15, 0.2) is 48.5 Å². The zero-order valence-corrected chi connectivity index (χ0v) is 13.2. The molecule has 0 aromatic heterocycles. The van der Waals surface area contributed by atoms with Crippen molar-refractivity contribution >= 4 is 23.2 Å². The van der Waals surface area contributed by atoms with E-state index in [4.69, 9.17) is 23.2 Å². The van der Waals surface area contributed by atoms with Crippen molar-refractivity contribution in [2.24, 2.45) is 0 Å². The standard InChI is InChI=1S/C17H19Cl2N/c1-3-17(14-6-10-16(19)11-7-14)20-12(2)13-4-8-15(18)9-5-13/h4-12,17,20H,3H2,1-2H3/t12-,17?/m0/s1. The van der Waals surface area contributed by atoms with Gasteiger partial charge in [-0.2, -0.15) is 0 Å². The van der Waals surface area contributed by atoms with Gasteiger partial charge in [0.2, 0.25) is 0 Å². The Bertz CT molecular complexity index is 534. The summed E-state index contributed by atoms with van der Waals surface area (Å²) in [5.74, 6) is 0. The highest BCUT2D eigenvalue weighted by molar-refractivity contribution is 6.30. The summed E-state index contributed by atoms with van der Waals surface area (Å²) in [4.78, 5) is 0. The van der Waals surface area contributed by atoms with Crippen LogP contribution in [0.2, 0.25) is 10.0 Å². The molecule has 2 atom stereocenters. The van der Waals surface area contributed by atoms with E-state index in [2.05, 4.69) is 43.4 Å². The molecule has 2 aromatic carbocycles. The molecule has 106 valence electrons. The average Bonchev–Trinajstić information content (AvgIpc) is 2.46. The Labute approximate surface area is 130 Å². The van der Waals surface area contributed by atoms with Crippen LogP contribution in [0.1, 0.15) is 43.5 Å². The van der Waals surface area contributed by atoms with Gasteiger partial charge < -0.3 is 5.32 Å². The molecule has 0 aliphatic carbocycles. The molecule has 0 spiro atoms. The first kappa shape index (κ1) is 15.4. The van der Waals surface area contributed by atoms with Gasteiger partial charge in [0.1, 0.15) is 0 Å². The van der Waals surface area contributed by atoms with Gasteiger partial charge in [0.25, 0.3) is 0 Å². The Morgan fingerprint density at radius 1 is 0.850 bits per heavy atom. The highest BCUT2D eigenvalue weighted by atomic mass is 35.5. The van der Waals surface area contributed by atoms with E-state index in [0.29, 0.717) is 6.04 Å². The Morgan fingerprint density at radius 3 is 1.75 bits per heavy atom. The van der Waals surface area contributed by atoms with Crippen LogP contribution in [-0.4, -0.2) is 0 Å². The molecule has 0 radical (unpaired) electrons. The van der Waals surface area contributed by atoms with Gasteiger partial charge in [-0.1, -0.05) is 54.4 Å². The van der Waals surface area contributed by atoms with Crippen molar-refractivity contribution < 1.29 is 0 Å². The van der Waals surface area contributed by atoms with Gasteiger partial charge in [0.05, 0.1) is 0 Å². The smallest absolute Gasteiger partial charge is 0.0406 e. The molecule has 2 rings (SSSR count). The summed E-state index contributed by atoms with van der Waals surface area (Å²) in [6.45, 7) is 4.35. The lowest BCUT2D eigenvalue weighted by atomic mass is 10.0. The molecule has 0 heterocycles. The van der Waals surface area contributed by atoms with Gasteiger partial charge in [0.15, 0.2) is 0 Å². The number of hydrogen-bond donors (Lipinski definition) is 1. The lowest BCUT2D eigenvalue weighted by molar-refractivity contribution is 0.456. The summed E-state index contributed by atoms with van der Waals surface area (Å²) in [5.41, 5.74) is 2.50. The predicted molar refractivity (Wildman–Crippen MR) is 87.5 cm³/mol. The van der Waals surface area contributed by atoms with Crippen molar-refractivity contribution in [3.05, 3.63) is 69.7 Å². The fourth-order valence-electron chi connectivity index (χ4n) is 2.29. The number of benzene rings is 2. The van der Waals surface area contributed by atoms with E-state index in [9.17, 15) is 0 Å². The van der Waals surface area contributed by atoms with E-state index in [0.717, 1.165) is 16.5 Å². The summed E-state index contributed by atoms with van der Waals surface area (Å²) in [7, 11) is 0. The molecule has 0 fully saturated rings. The number of halogens is 2. The molecule has 1 unspecified atom stereocenters. The zero-order valence-electron chi connectivity index (χ0n) is 11.7. The maximum atomic E-state index is 5.94. The third kappa shape index (κ3) is 3.99. The van der Waals surface area contributed by atoms with Crippen molar-refractivity contribution in [3.8, 4) is 0 Å². The normalized spacial score (nSPS) is 14.0. The molecule has 0 saturated carbocycles. The quantitative estimate of drug-likeness (QED) is 0.736. The average molecular weight is 308 g/mol. The number of rotatable bonds is 5. The Hall–Kier alpha value is -1.02. The van der Waals surface area contributed by atoms with Crippen LogP contribution in [0, 0.1) is 0 Å². The molecule has 20 heavy (non-hydrogen) atoms. The SMILES string of the molecule is CCC(N[C@@H](C)c1ccc(Cl)cc1)c1ccc(Cl)cc1. The molecule has 0 saturated heterocycles. The third-order valence-corrected chi connectivity index (χ3v) is 4.01. The molecule has 0 bridgehead atoms. The van der Waals surface area contributed by atoms with Crippen molar-refractivity contribution in [1.29, 1.82) is 0 Å². The fraction of sp³-hybridized carbons (Fsp3) is 0.294. The van der Waals surface area contributed by atoms with Gasteiger partial charge in [-0.15, -0.1) is 0 Å². The largest absolute Gasteiger partial charge is 0.303 e. The van der Waals surface area contributed by atoms with Crippen molar-refractivity contribution in [3.63, 3.8) is 0 Å². The highest BCUT2D eigenvalue weighted by Crippen LogP contribution is 2.24. The maximum absolute atomic E-state index is 5.94. The number of nitrogens with one attached hydrogen (secondary N) is 1. The second-order valence-corrected chi connectivity index (χ2v) is 5.83. The van der Waals surface area contributed by atoms with E-state index < -0.39 is 0 Å². The molecule has 3 heteroatoms. The van der Waals surface area contributed by atoms with Crippen molar-refractivity contribution in [1.82, 2.24) is 5.32 Å². The van der Waals surface area contributed by atoms with Gasteiger partial charge in [0, 0.05) is 22.1 Å². The first-order chi connectivity index (χ1) is 9.60. The maximum Gasteiger partial charge on any atom is 0.0406 e. The van der Waals surface area contributed by atoms with E-state index in [1.807, 2.05) is 24.3 Å². The molecule has 2 aromatic rings. The van der Waals surface area contributed by atoms with Gasteiger partial charge in [-0.05, 0) is 48.7 Å². The van der Waals surface area contributed by atoms with Crippen molar-refractivity contribution in [2.75, 3.05) is 0 Å². The number of hydrogen-bond acceptors (Lipinski definition) is 1. The molecule has 0 aliphatic heterocycles. The minimum absolute atomic E-state index is 0.271. The summed E-state index contributed by atoms with van der Waals surface area (Å²) in [6, 6.07) is 16.6. The van der Waals surface area contributed by atoms with Gasteiger partial charge >= 0.3 is 0 Å². The Kier molecular flexibility index (Phi) is 5.47. The lowest BCUT2D eigenvalue weighted by Gasteiger charge is -2.23. The summed E-state index contributed by atoms with van der Waals surface area (Å²) in [6.07, 6.45) is 1.03. The van der Waals surface area contributed by atoms with Crippen LogP contribution in [0.5, 0.6) is 0 Å². The van der Waals surface area contributed by atoms with Crippen LogP contribution in [0.25, 0.3) is 0 Å². The molecular formula is C17H19Cl2N. The minimum atomic E-state index is 0.271. The van der Waals surface area contributed by atoms with E-state index in [-0.39, 0.29) is 6.04 Å². The highest BCUT2D eigenvalue weighted by Gasteiger charge is 2.13. The zero-order chi connectivity index (χ0) is 14.5. The van der Waals surface area contributed by atoms with Crippen LogP contribution in [-0.2, 0) is 0 Å². The van der Waals surface area contributed by atoms with Crippen LogP contribution < -0.4 is 5.32 Å². The Morgan fingerprint density at radius 2 is 1.30 bits per heavy atom.